The molecular weight excluding hydrogens is 346 g/mol. The second kappa shape index (κ2) is 7.93. The van der Waals surface area contributed by atoms with Crippen LogP contribution < -0.4 is 5.32 Å². The van der Waals surface area contributed by atoms with E-state index in [-0.39, 0.29) is 0 Å². The molecule has 0 saturated carbocycles. The van der Waals surface area contributed by atoms with Crippen molar-refractivity contribution in [3.63, 3.8) is 0 Å². The number of benzene rings is 1. The van der Waals surface area contributed by atoms with Crippen molar-refractivity contribution < 1.29 is 4.52 Å². The lowest BCUT2D eigenvalue weighted by molar-refractivity contribution is 0.387. The highest BCUT2D eigenvalue weighted by molar-refractivity contribution is 9.10. The number of hydrogen-bond donors (Lipinski definition) is 1. The van der Waals surface area contributed by atoms with Crippen LogP contribution in [0.3, 0.4) is 0 Å². The minimum Gasteiger partial charge on any atom is -0.357 e. The van der Waals surface area contributed by atoms with Crippen molar-refractivity contribution in [3.05, 3.63) is 46.0 Å². The summed E-state index contributed by atoms with van der Waals surface area (Å²) in [5.74, 6) is 1.95. The van der Waals surface area contributed by atoms with Crippen LogP contribution in [0, 0.1) is 6.92 Å². The highest BCUT2D eigenvalue weighted by atomic mass is 79.9. The quantitative estimate of drug-likeness (QED) is 0.651. The molecule has 0 bridgehead atoms. The lowest BCUT2D eigenvalue weighted by Gasteiger charge is -2.22. The third kappa shape index (κ3) is 4.84. The number of nitrogens with one attached hydrogen (secondary N) is 1. The van der Waals surface area contributed by atoms with Crippen molar-refractivity contribution in [2.45, 2.75) is 26.9 Å². The van der Waals surface area contributed by atoms with Gasteiger partial charge in [-0.05, 0) is 24.6 Å². The third-order valence-corrected chi connectivity index (χ3v) is 3.50. The topological polar surface area (TPSA) is 66.5 Å². The Morgan fingerprint density at radius 1 is 1.36 bits per heavy atom. The van der Waals surface area contributed by atoms with Gasteiger partial charge >= 0.3 is 0 Å². The molecule has 0 atom stereocenters. The molecule has 2 rings (SSSR count). The predicted octanol–water partition coefficient (Wildman–Crippen LogP) is 2.74. The van der Waals surface area contributed by atoms with Gasteiger partial charge in [0, 0.05) is 31.5 Å². The first-order valence-corrected chi connectivity index (χ1v) is 7.91. The average Bonchev–Trinajstić information content (AvgIpc) is 2.91. The van der Waals surface area contributed by atoms with Crippen molar-refractivity contribution in [2.75, 3.05) is 13.6 Å². The van der Waals surface area contributed by atoms with Gasteiger partial charge in [0.1, 0.15) is 6.54 Å². The van der Waals surface area contributed by atoms with Crippen LogP contribution >= 0.6 is 15.9 Å². The van der Waals surface area contributed by atoms with E-state index in [9.17, 15) is 0 Å². The maximum atomic E-state index is 4.96. The number of aliphatic imine (C=N–C) groups is 1. The zero-order chi connectivity index (χ0) is 15.9. The molecule has 0 amide bonds. The molecule has 2 aromatic rings. The van der Waals surface area contributed by atoms with E-state index in [1.54, 1.807) is 6.92 Å². The molecule has 1 aromatic heterocycles. The average molecular weight is 366 g/mol. The Labute approximate surface area is 138 Å². The number of aryl methyl sites for hydroxylation is 1. The molecule has 118 valence electrons. The molecule has 6 nitrogen and oxygen atoms in total. The molecule has 22 heavy (non-hydrogen) atoms. The molecule has 0 aliphatic rings. The first-order chi connectivity index (χ1) is 10.6. The second-order valence-corrected chi connectivity index (χ2v) is 5.80. The number of nitrogens with zero attached hydrogens (tertiary/aromatic N) is 4. The summed E-state index contributed by atoms with van der Waals surface area (Å²) >= 11 is 3.45. The van der Waals surface area contributed by atoms with Gasteiger partial charge in [0.05, 0.1) is 0 Å². The van der Waals surface area contributed by atoms with Crippen molar-refractivity contribution in [1.82, 2.24) is 20.4 Å². The summed E-state index contributed by atoms with van der Waals surface area (Å²) in [6.07, 6.45) is 0. The van der Waals surface area contributed by atoms with Gasteiger partial charge in [-0.25, -0.2) is 4.99 Å². The highest BCUT2D eigenvalue weighted by Crippen LogP contribution is 2.12. The lowest BCUT2D eigenvalue weighted by atomic mass is 10.2. The van der Waals surface area contributed by atoms with Crippen LogP contribution in [-0.2, 0) is 13.1 Å². The molecule has 7 heteroatoms. The van der Waals surface area contributed by atoms with Gasteiger partial charge < -0.3 is 14.7 Å². The second-order valence-electron chi connectivity index (χ2n) is 4.88. The Hall–Kier alpha value is -1.89. The van der Waals surface area contributed by atoms with Crippen LogP contribution in [0.5, 0.6) is 0 Å². The van der Waals surface area contributed by atoms with Crippen molar-refractivity contribution in [3.8, 4) is 0 Å². The van der Waals surface area contributed by atoms with E-state index in [4.69, 9.17) is 4.52 Å². The SMILES string of the molecule is CCNC(=NCc1noc(C)n1)N(C)Cc1ccc(Br)cc1. The normalized spacial score (nSPS) is 11.5. The summed E-state index contributed by atoms with van der Waals surface area (Å²) < 4.78 is 6.03. The third-order valence-electron chi connectivity index (χ3n) is 2.97. The minimum atomic E-state index is 0.393. The number of guanidine groups is 1. The van der Waals surface area contributed by atoms with Gasteiger partial charge in [-0.3, -0.25) is 0 Å². The summed E-state index contributed by atoms with van der Waals surface area (Å²) in [7, 11) is 2.00. The predicted molar refractivity (Wildman–Crippen MR) is 89.5 cm³/mol. The summed E-state index contributed by atoms with van der Waals surface area (Å²) in [4.78, 5) is 10.8. The molecule has 0 aliphatic carbocycles. The van der Waals surface area contributed by atoms with Crippen molar-refractivity contribution >= 4 is 21.9 Å². The molecule has 0 radical (unpaired) electrons. The van der Waals surface area contributed by atoms with E-state index in [1.165, 1.54) is 5.56 Å². The minimum absolute atomic E-state index is 0.393. The molecule has 1 N–H and O–H groups in total. The standard InChI is InChI=1S/C15H20BrN5O/c1-4-17-15(18-9-14-19-11(2)22-20-14)21(3)10-12-5-7-13(16)8-6-12/h5-8H,4,9-10H2,1-3H3,(H,17,18). The van der Waals surface area contributed by atoms with Crippen LogP contribution in [0.4, 0.5) is 0 Å². The van der Waals surface area contributed by atoms with E-state index >= 15 is 0 Å². The fraction of sp³-hybridized carbons (Fsp3) is 0.400. The molecule has 1 heterocycles. The Balaban J connectivity index is 2.03. The van der Waals surface area contributed by atoms with Gasteiger partial charge in [0.2, 0.25) is 5.89 Å². The largest absolute Gasteiger partial charge is 0.357 e. The Morgan fingerprint density at radius 3 is 2.68 bits per heavy atom. The zero-order valence-electron chi connectivity index (χ0n) is 13.0. The van der Waals surface area contributed by atoms with Crippen LogP contribution in [0.25, 0.3) is 0 Å². The van der Waals surface area contributed by atoms with Gasteiger partial charge in [-0.2, -0.15) is 4.98 Å². The van der Waals surface area contributed by atoms with Gasteiger partial charge in [0.25, 0.3) is 0 Å². The van der Waals surface area contributed by atoms with Crippen molar-refractivity contribution in [2.24, 2.45) is 4.99 Å². The fourth-order valence-corrected chi connectivity index (χ4v) is 2.22. The molecule has 0 fully saturated rings. The van der Waals surface area contributed by atoms with Gasteiger partial charge in [-0.15, -0.1) is 0 Å². The first kappa shape index (κ1) is 16.5. The van der Waals surface area contributed by atoms with E-state index in [0.29, 0.717) is 18.3 Å². The lowest BCUT2D eigenvalue weighted by Crippen LogP contribution is -2.38. The summed E-state index contributed by atoms with van der Waals surface area (Å²) in [6, 6.07) is 8.25. The van der Waals surface area contributed by atoms with E-state index in [2.05, 4.69) is 53.4 Å². The summed E-state index contributed by atoms with van der Waals surface area (Å²) in [5.41, 5.74) is 1.21. The fourth-order valence-electron chi connectivity index (χ4n) is 1.96. The highest BCUT2D eigenvalue weighted by Gasteiger charge is 2.08. The summed E-state index contributed by atoms with van der Waals surface area (Å²) in [6.45, 7) is 5.77. The summed E-state index contributed by atoms with van der Waals surface area (Å²) in [5, 5.41) is 7.13. The zero-order valence-corrected chi connectivity index (χ0v) is 14.6. The molecule has 0 saturated heterocycles. The van der Waals surface area contributed by atoms with Crippen LogP contribution in [0.15, 0.2) is 38.3 Å². The number of rotatable bonds is 5. The Morgan fingerprint density at radius 2 is 2.09 bits per heavy atom. The molecule has 0 spiro atoms. The molecule has 1 aromatic carbocycles. The number of halogens is 1. The molecule has 0 unspecified atom stereocenters. The number of hydrogen-bond acceptors (Lipinski definition) is 4. The maximum absolute atomic E-state index is 4.96. The monoisotopic (exact) mass is 365 g/mol. The van der Waals surface area contributed by atoms with E-state index < -0.39 is 0 Å². The molecule has 0 aliphatic heterocycles. The van der Waals surface area contributed by atoms with Crippen molar-refractivity contribution in [1.29, 1.82) is 0 Å². The maximum Gasteiger partial charge on any atom is 0.223 e. The van der Waals surface area contributed by atoms with Crippen LogP contribution in [0.2, 0.25) is 0 Å². The number of aromatic nitrogens is 2. The van der Waals surface area contributed by atoms with E-state index in [1.807, 2.05) is 26.1 Å². The van der Waals surface area contributed by atoms with Crippen LogP contribution in [0.1, 0.15) is 24.2 Å². The van der Waals surface area contributed by atoms with Gasteiger partial charge in [-0.1, -0.05) is 33.2 Å². The first-order valence-electron chi connectivity index (χ1n) is 7.11. The van der Waals surface area contributed by atoms with Crippen LogP contribution in [-0.4, -0.2) is 34.6 Å². The van der Waals surface area contributed by atoms with E-state index in [0.717, 1.165) is 23.5 Å². The Kier molecular flexibility index (Phi) is 5.94. The Bertz CT molecular complexity index is 623. The van der Waals surface area contributed by atoms with Gasteiger partial charge in [0.15, 0.2) is 11.8 Å². The molecular formula is C15H20BrN5O. The smallest absolute Gasteiger partial charge is 0.223 e.